The van der Waals surface area contributed by atoms with Gasteiger partial charge in [-0.05, 0) is 70.2 Å². The summed E-state index contributed by atoms with van der Waals surface area (Å²) < 4.78 is 5.43. The first-order valence-electron chi connectivity index (χ1n) is 8.07. The van der Waals surface area contributed by atoms with Gasteiger partial charge >= 0.3 is 0 Å². The van der Waals surface area contributed by atoms with Gasteiger partial charge in [0.1, 0.15) is 5.58 Å². The minimum Gasteiger partial charge on any atom is -0.464 e. The quantitative estimate of drug-likeness (QED) is 0.835. The van der Waals surface area contributed by atoms with Crippen LogP contribution >= 0.6 is 0 Å². The minimum absolute atomic E-state index is 0.737. The molecule has 0 bridgehead atoms. The first-order valence-corrected chi connectivity index (χ1v) is 8.07. The molecule has 3 nitrogen and oxygen atoms in total. The Morgan fingerprint density at radius 1 is 1.24 bits per heavy atom. The topological polar surface area (TPSA) is 19.6 Å². The fraction of sp³-hybridized carbons (Fsp3) is 0.556. The molecule has 0 spiro atoms. The molecule has 0 radical (unpaired) electrons. The third-order valence-corrected chi connectivity index (χ3v) is 4.56. The van der Waals surface area contributed by atoms with E-state index in [0.29, 0.717) is 0 Å². The number of nitrogens with zero attached hydrogens (tertiary/aromatic N) is 2. The molecule has 114 valence electrons. The number of piperidine rings is 1. The lowest BCUT2D eigenvalue weighted by molar-refractivity contribution is 0.125. The first kappa shape index (κ1) is 14.6. The van der Waals surface area contributed by atoms with Gasteiger partial charge in [-0.15, -0.1) is 0 Å². The van der Waals surface area contributed by atoms with E-state index in [1.807, 2.05) is 0 Å². The van der Waals surface area contributed by atoms with Crippen molar-refractivity contribution in [2.45, 2.75) is 38.3 Å². The Labute approximate surface area is 127 Å². The molecule has 1 aliphatic rings. The Hall–Kier alpha value is -1.32. The van der Waals surface area contributed by atoms with Crippen LogP contribution in [-0.2, 0) is 6.54 Å². The molecule has 1 aromatic heterocycles. The SMILES string of the molecule is CN(C)CCC1CCCCN1Cc1ccc2occc2c1. The molecule has 0 amide bonds. The zero-order valence-electron chi connectivity index (χ0n) is 13.2. The molecular weight excluding hydrogens is 260 g/mol. The Balaban J connectivity index is 1.68. The van der Waals surface area contributed by atoms with Gasteiger partial charge in [0.25, 0.3) is 0 Å². The van der Waals surface area contributed by atoms with E-state index in [2.05, 4.69) is 48.2 Å². The maximum atomic E-state index is 5.43. The van der Waals surface area contributed by atoms with Gasteiger partial charge in [-0.1, -0.05) is 12.5 Å². The van der Waals surface area contributed by atoms with Gasteiger partial charge in [0.05, 0.1) is 6.26 Å². The van der Waals surface area contributed by atoms with Crippen molar-refractivity contribution in [3.8, 4) is 0 Å². The van der Waals surface area contributed by atoms with Crippen LogP contribution < -0.4 is 0 Å². The smallest absolute Gasteiger partial charge is 0.133 e. The van der Waals surface area contributed by atoms with Crippen molar-refractivity contribution in [2.24, 2.45) is 0 Å². The maximum Gasteiger partial charge on any atom is 0.133 e. The molecule has 3 heteroatoms. The molecule has 1 aliphatic heterocycles. The summed E-state index contributed by atoms with van der Waals surface area (Å²) in [6.45, 7) is 3.49. The number of benzene rings is 1. The van der Waals surface area contributed by atoms with Gasteiger partial charge in [-0.2, -0.15) is 0 Å². The normalized spacial score (nSPS) is 20.4. The molecule has 0 aliphatic carbocycles. The van der Waals surface area contributed by atoms with Gasteiger partial charge in [0.15, 0.2) is 0 Å². The van der Waals surface area contributed by atoms with Crippen LogP contribution in [0.3, 0.4) is 0 Å². The highest BCUT2D eigenvalue weighted by molar-refractivity contribution is 5.77. The standard InChI is InChI=1S/C18H26N2O/c1-19(2)11-8-17-5-3-4-10-20(17)14-15-6-7-18-16(13-15)9-12-21-18/h6-7,9,12-13,17H,3-5,8,10-11,14H2,1-2H3. The number of furan rings is 1. The van der Waals surface area contributed by atoms with Crippen molar-refractivity contribution in [2.75, 3.05) is 27.2 Å². The molecule has 0 N–H and O–H groups in total. The van der Waals surface area contributed by atoms with Crippen LogP contribution in [0.5, 0.6) is 0 Å². The highest BCUT2D eigenvalue weighted by Gasteiger charge is 2.22. The molecule has 1 unspecified atom stereocenters. The van der Waals surface area contributed by atoms with Gasteiger partial charge in [0.2, 0.25) is 0 Å². The Morgan fingerprint density at radius 3 is 3.00 bits per heavy atom. The predicted octanol–water partition coefficient (Wildman–Crippen LogP) is 3.74. The lowest BCUT2D eigenvalue weighted by Crippen LogP contribution is -2.40. The second-order valence-electron chi connectivity index (χ2n) is 6.50. The number of rotatable bonds is 5. The molecule has 1 atom stereocenters. The van der Waals surface area contributed by atoms with Gasteiger partial charge in [0, 0.05) is 18.0 Å². The molecule has 1 fully saturated rings. The summed E-state index contributed by atoms with van der Waals surface area (Å²) in [5.74, 6) is 0. The molecule has 21 heavy (non-hydrogen) atoms. The molecular formula is C18H26N2O. The van der Waals surface area contributed by atoms with Crippen molar-refractivity contribution in [3.05, 3.63) is 36.1 Å². The molecule has 1 aromatic carbocycles. The first-order chi connectivity index (χ1) is 10.2. The fourth-order valence-electron chi connectivity index (χ4n) is 3.35. The summed E-state index contributed by atoms with van der Waals surface area (Å²) in [6, 6.07) is 9.38. The third-order valence-electron chi connectivity index (χ3n) is 4.56. The Morgan fingerprint density at radius 2 is 2.14 bits per heavy atom. The second-order valence-corrected chi connectivity index (χ2v) is 6.50. The van der Waals surface area contributed by atoms with Crippen molar-refractivity contribution < 1.29 is 4.42 Å². The molecule has 3 rings (SSSR count). The van der Waals surface area contributed by atoms with Crippen LogP contribution in [0, 0.1) is 0 Å². The van der Waals surface area contributed by atoms with Gasteiger partial charge in [-0.25, -0.2) is 0 Å². The summed E-state index contributed by atoms with van der Waals surface area (Å²) >= 11 is 0. The van der Waals surface area contributed by atoms with Crippen molar-refractivity contribution in [3.63, 3.8) is 0 Å². The van der Waals surface area contributed by atoms with E-state index in [0.717, 1.165) is 18.2 Å². The lowest BCUT2D eigenvalue weighted by Gasteiger charge is -2.36. The number of likely N-dealkylation sites (tertiary alicyclic amines) is 1. The maximum absolute atomic E-state index is 5.43. The number of hydrogen-bond acceptors (Lipinski definition) is 3. The summed E-state index contributed by atoms with van der Waals surface area (Å²) in [5, 5.41) is 1.22. The van der Waals surface area contributed by atoms with E-state index in [9.17, 15) is 0 Å². The van der Waals surface area contributed by atoms with E-state index < -0.39 is 0 Å². The van der Waals surface area contributed by atoms with Crippen LogP contribution in [-0.4, -0.2) is 43.0 Å². The number of fused-ring (bicyclic) bond motifs is 1. The van der Waals surface area contributed by atoms with Crippen molar-refractivity contribution in [1.29, 1.82) is 0 Å². The van der Waals surface area contributed by atoms with E-state index in [4.69, 9.17) is 4.42 Å². The van der Waals surface area contributed by atoms with Crippen LogP contribution in [0.1, 0.15) is 31.2 Å². The highest BCUT2D eigenvalue weighted by atomic mass is 16.3. The average molecular weight is 286 g/mol. The third kappa shape index (κ3) is 3.66. The summed E-state index contributed by atoms with van der Waals surface area (Å²) in [5.41, 5.74) is 2.39. The van der Waals surface area contributed by atoms with Gasteiger partial charge in [-0.3, -0.25) is 4.90 Å². The summed E-state index contributed by atoms with van der Waals surface area (Å²) in [4.78, 5) is 4.97. The highest BCUT2D eigenvalue weighted by Crippen LogP contribution is 2.24. The average Bonchev–Trinajstić information content (AvgIpc) is 2.94. The number of hydrogen-bond donors (Lipinski definition) is 0. The van der Waals surface area contributed by atoms with Crippen LogP contribution in [0.2, 0.25) is 0 Å². The van der Waals surface area contributed by atoms with Crippen LogP contribution in [0.4, 0.5) is 0 Å². The predicted molar refractivity (Wildman–Crippen MR) is 87.4 cm³/mol. The zero-order valence-corrected chi connectivity index (χ0v) is 13.2. The minimum atomic E-state index is 0.737. The van der Waals surface area contributed by atoms with Crippen LogP contribution in [0.25, 0.3) is 11.0 Å². The molecule has 2 aromatic rings. The fourth-order valence-corrected chi connectivity index (χ4v) is 3.35. The Bertz CT molecular complexity index is 575. The molecule has 1 saturated heterocycles. The van der Waals surface area contributed by atoms with Gasteiger partial charge < -0.3 is 9.32 Å². The second kappa shape index (κ2) is 6.63. The summed E-state index contributed by atoms with van der Waals surface area (Å²) in [6.07, 6.45) is 7.12. The monoisotopic (exact) mass is 286 g/mol. The van der Waals surface area contributed by atoms with E-state index in [-0.39, 0.29) is 0 Å². The van der Waals surface area contributed by atoms with Crippen molar-refractivity contribution in [1.82, 2.24) is 9.80 Å². The van der Waals surface area contributed by atoms with E-state index in [1.165, 1.54) is 49.7 Å². The Kier molecular flexibility index (Phi) is 4.61. The van der Waals surface area contributed by atoms with Crippen molar-refractivity contribution >= 4 is 11.0 Å². The lowest BCUT2D eigenvalue weighted by atomic mass is 9.98. The zero-order chi connectivity index (χ0) is 14.7. The molecule has 0 saturated carbocycles. The van der Waals surface area contributed by atoms with Crippen LogP contribution in [0.15, 0.2) is 34.9 Å². The largest absolute Gasteiger partial charge is 0.464 e. The molecule has 2 heterocycles. The van der Waals surface area contributed by atoms with E-state index in [1.54, 1.807) is 6.26 Å². The summed E-state index contributed by atoms with van der Waals surface area (Å²) in [7, 11) is 4.33. The van der Waals surface area contributed by atoms with E-state index >= 15 is 0 Å².